The topological polar surface area (TPSA) is 35.6 Å². The van der Waals surface area contributed by atoms with Gasteiger partial charge in [0.05, 0.1) is 0 Å². The normalized spacial score (nSPS) is 22.6. The van der Waals surface area contributed by atoms with E-state index in [0.29, 0.717) is 6.42 Å². The number of rotatable bonds is 6. The molecule has 0 radical (unpaired) electrons. The van der Waals surface area contributed by atoms with E-state index in [1.165, 1.54) is 45.3 Å². The smallest absolute Gasteiger partial charge is 0.225 e. The van der Waals surface area contributed by atoms with Crippen LogP contribution in [0.2, 0.25) is 0 Å². The van der Waals surface area contributed by atoms with Crippen LogP contribution < -0.4 is 5.32 Å². The maximum atomic E-state index is 12.2. The lowest BCUT2D eigenvalue weighted by Crippen LogP contribution is -2.35. The minimum absolute atomic E-state index is 0.129. The van der Waals surface area contributed by atoms with Gasteiger partial charge in [0.25, 0.3) is 0 Å². The molecule has 2 saturated heterocycles. The van der Waals surface area contributed by atoms with Gasteiger partial charge in [-0.2, -0.15) is 0 Å². The lowest BCUT2D eigenvalue weighted by Gasteiger charge is -2.29. The van der Waals surface area contributed by atoms with Crippen molar-refractivity contribution in [3.8, 4) is 0 Å². The zero-order chi connectivity index (χ0) is 16.8. The highest BCUT2D eigenvalue weighted by atomic mass is 16.1. The number of piperidine rings is 1. The average molecular weight is 329 g/mol. The Balaban J connectivity index is 1.36. The van der Waals surface area contributed by atoms with E-state index in [-0.39, 0.29) is 5.91 Å². The van der Waals surface area contributed by atoms with E-state index < -0.39 is 0 Å². The number of nitrogens with zero attached hydrogens (tertiary/aromatic N) is 2. The second-order valence-corrected chi connectivity index (χ2v) is 7.43. The Hall–Kier alpha value is -1.39. The van der Waals surface area contributed by atoms with Gasteiger partial charge in [-0.1, -0.05) is 24.6 Å². The Kier molecular flexibility index (Phi) is 6.27. The largest absolute Gasteiger partial charge is 0.326 e. The summed E-state index contributed by atoms with van der Waals surface area (Å²) in [6.07, 6.45) is 6.02. The molecule has 1 aromatic carbocycles. The first-order valence-corrected chi connectivity index (χ1v) is 9.51. The second kappa shape index (κ2) is 8.63. The monoisotopic (exact) mass is 329 g/mol. The summed E-state index contributed by atoms with van der Waals surface area (Å²) in [6.45, 7) is 9.05. The van der Waals surface area contributed by atoms with E-state index in [1.807, 2.05) is 31.2 Å². The van der Waals surface area contributed by atoms with Crippen molar-refractivity contribution in [2.75, 3.05) is 44.6 Å². The van der Waals surface area contributed by atoms with Crippen LogP contribution in [0.25, 0.3) is 0 Å². The van der Waals surface area contributed by atoms with Crippen LogP contribution >= 0.6 is 0 Å². The van der Waals surface area contributed by atoms with Gasteiger partial charge in [0.1, 0.15) is 0 Å². The Morgan fingerprint density at radius 2 is 1.92 bits per heavy atom. The number of hydrogen-bond donors (Lipinski definition) is 1. The van der Waals surface area contributed by atoms with Gasteiger partial charge in [-0.25, -0.2) is 0 Å². The fourth-order valence-corrected chi connectivity index (χ4v) is 3.96. The summed E-state index contributed by atoms with van der Waals surface area (Å²) in [5.74, 6) is 0.923. The van der Waals surface area contributed by atoms with Gasteiger partial charge in [-0.15, -0.1) is 0 Å². The maximum Gasteiger partial charge on any atom is 0.225 e. The summed E-state index contributed by atoms with van der Waals surface area (Å²) >= 11 is 0. The van der Waals surface area contributed by atoms with E-state index in [4.69, 9.17) is 0 Å². The molecule has 1 aromatic rings. The predicted molar refractivity (Wildman–Crippen MR) is 99.3 cm³/mol. The molecule has 0 aliphatic carbocycles. The quantitative estimate of drug-likeness (QED) is 0.871. The van der Waals surface area contributed by atoms with E-state index in [9.17, 15) is 4.79 Å². The zero-order valence-corrected chi connectivity index (χ0v) is 15.0. The van der Waals surface area contributed by atoms with Gasteiger partial charge >= 0.3 is 0 Å². The van der Waals surface area contributed by atoms with E-state index in [0.717, 1.165) is 36.8 Å². The van der Waals surface area contributed by atoms with Crippen molar-refractivity contribution in [3.63, 3.8) is 0 Å². The third-order valence-electron chi connectivity index (χ3n) is 5.41. The molecule has 0 bridgehead atoms. The molecule has 2 heterocycles. The molecule has 1 N–H and O–H groups in total. The van der Waals surface area contributed by atoms with Crippen LogP contribution in [0.15, 0.2) is 24.3 Å². The molecule has 1 atom stereocenters. The molecule has 0 saturated carbocycles. The number of para-hydroxylation sites is 1. The third-order valence-corrected chi connectivity index (χ3v) is 5.41. The molecule has 2 fully saturated rings. The molecular formula is C20H31N3O. The highest BCUT2D eigenvalue weighted by Crippen LogP contribution is 2.20. The fourth-order valence-electron chi connectivity index (χ4n) is 3.96. The molecule has 4 nitrogen and oxygen atoms in total. The number of carbonyl (C=O) groups excluding carboxylic acids is 1. The second-order valence-electron chi connectivity index (χ2n) is 7.43. The number of aryl methyl sites for hydroxylation is 1. The molecule has 1 amide bonds. The van der Waals surface area contributed by atoms with Crippen molar-refractivity contribution in [2.45, 2.75) is 39.0 Å². The summed E-state index contributed by atoms with van der Waals surface area (Å²) in [4.78, 5) is 17.3. The number of hydrogen-bond acceptors (Lipinski definition) is 3. The Bertz CT molecular complexity index is 539. The van der Waals surface area contributed by atoms with Gasteiger partial charge in [-0.3, -0.25) is 4.79 Å². The van der Waals surface area contributed by atoms with E-state index in [2.05, 4.69) is 15.1 Å². The highest BCUT2D eigenvalue weighted by Gasteiger charge is 2.25. The maximum absolute atomic E-state index is 12.2. The van der Waals surface area contributed by atoms with Crippen LogP contribution in [0.1, 0.15) is 37.7 Å². The summed E-state index contributed by atoms with van der Waals surface area (Å²) < 4.78 is 0. The van der Waals surface area contributed by atoms with Gasteiger partial charge in [0.2, 0.25) is 5.91 Å². The van der Waals surface area contributed by atoms with Crippen molar-refractivity contribution in [1.82, 2.24) is 9.80 Å². The number of nitrogens with one attached hydrogen (secondary N) is 1. The van der Waals surface area contributed by atoms with Crippen LogP contribution in [-0.2, 0) is 4.79 Å². The van der Waals surface area contributed by atoms with Crippen molar-refractivity contribution in [3.05, 3.63) is 29.8 Å². The Labute approximate surface area is 146 Å². The molecule has 0 spiro atoms. The first kappa shape index (κ1) is 17.4. The number of likely N-dealkylation sites (tertiary alicyclic amines) is 2. The molecule has 132 valence electrons. The minimum atomic E-state index is 0.129. The lowest BCUT2D eigenvalue weighted by molar-refractivity contribution is -0.116. The summed E-state index contributed by atoms with van der Waals surface area (Å²) in [5.41, 5.74) is 2.06. The molecule has 3 rings (SSSR count). The van der Waals surface area contributed by atoms with Crippen LogP contribution in [0.4, 0.5) is 5.69 Å². The van der Waals surface area contributed by atoms with Crippen LogP contribution in [0, 0.1) is 12.8 Å². The van der Waals surface area contributed by atoms with Crippen LogP contribution in [0.5, 0.6) is 0 Å². The Morgan fingerprint density at radius 1 is 1.12 bits per heavy atom. The number of benzene rings is 1. The molecule has 2 aliphatic heterocycles. The molecule has 4 heteroatoms. The van der Waals surface area contributed by atoms with E-state index >= 15 is 0 Å². The first-order chi connectivity index (χ1) is 11.7. The molecule has 1 unspecified atom stereocenters. The first-order valence-electron chi connectivity index (χ1n) is 9.51. The summed E-state index contributed by atoms with van der Waals surface area (Å²) in [5, 5.41) is 3.04. The fraction of sp³-hybridized carbons (Fsp3) is 0.650. The van der Waals surface area contributed by atoms with Crippen LogP contribution in [0.3, 0.4) is 0 Å². The van der Waals surface area contributed by atoms with E-state index in [1.54, 1.807) is 0 Å². The zero-order valence-electron chi connectivity index (χ0n) is 15.0. The standard InChI is InChI=1S/C20H31N3O/c1-17-7-3-4-8-19(17)21-20(24)10-14-23-13-9-18(16-23)15-22-11-5-2-6-12-22/h3-4,7-8,18H,2,5-6,9-16H2,1H3,(H,21,24). The van der Waals surface area contributed by atoms with Gasteiger partial charge in [-0.05, 0) is 63.4 Å². The van der Waals surface area contributed by atoms with Gasteiger partial charge < -0.3 is 15.1 Å². The SMILES string of the molecule is Cc1ccccc1NC(=O)CCN1CCC(CN2CCCCC2)C1. The van der Waals surface area contributed by atoms with Crippen molar-refractivity contribution >= 4 is 11.6 Å². The highest BCUT2D eigenvalue weighted by molar-refractivity contribution is 5.91. The molecular weight excluding hydrogens is 298 g/mol. The molecule has 2 aliphatic rings. The lowest BCUT2D eigenvalue weighted by atomic mass is 10.1. The van der Waals surface area contributed by atoms with Crippen molar-refractivity contribution in [2.24, 2.45) is 5.92 Å². The molecule has 24 heavy (non-hydrogen) atoms. The van der Waals surface area contributed by atoms with Crippen LogP contribution in [-0.4, -0.2) is 55.0 Å². The minimum Gasteiger partial charge on any atom is -0.326 e. The summed E-state index contributed by atoms with van der Waals surface area (Å²) in [7, 11) is 0. The number of carbonyl (C=O) groups is 1. The Morgan fingerprint density at radius 3 is 2.71 bits per heavy atom. The summed E-state index contributed by atoms with van der Waals surface area (Å²) in [6, 6.07) is 7.96. The average Bonchev–Trinajstić information content (AvgIpc) is 3.03. The predicted octanol–water partition coefficient (Wildman–Crippen LogP) is 3.13. The number of amides is 1. The van der Waals surface area contributed by atoms with Gasteiger partial charge in [0.15, 0.2) is 0 Å². The van der Waals surface area contributed by atoms with Gasteiger partial charge in [0, 0.05) is 31.7 Å². The van der Waals surface area contributed by atoms with Crippen molar-refractivity contribution < 1.29 is 4.79 Å². The third kappa shape index (κ3) is 5.05. The van der Waals surface area contributed by atoms with Crippen molar-refractivity contribution in [1.29, 1.82) is 0 Å². The number of anilines is 1. The molecule has 0 aromatic heterocycles.